The van der Waals surface area contributed by atoms with E-state index in [4.69, 9.17) is 10.3 Å². The van der Waals surface area contributed by atoms with Crippen molar-refractivity contribution in [2.75, 3.05) is 0 Å². The molecule has 1 aromatic heterocycles. The third kappa shape index (κ3) is 2.29. The highest BCUT2D eigenvalue weighted by Crippen LogP contribution is 2.39. The maximum atomic E-state index is 6.32. The molecule has 94 valence electrons. The molecule has 0 radical (unpaired) electrons. The highest BCUT2D eigenvalue weighted by atomic mass is 16.5. The summed E-state index contributed by atoms with van der Waals surface area (Å²) in [5.74, 6) is 1.82. The Morgan fingerprint density at radius 3 is 2.72 bits per heavy atom. The average Bonchev–Trinajstić information content (AvgIpc) is 3.07. The monoisotopic (exact) mass is 243 g/mol. The second-order valence-corrected chi connectivity index (χ2v) is 5.31. The summed E-state index contributed by atoms with van der Waals surface area (Å²) in [5, 5.41) is 4.03. The maximum Gasteiger partial charge on any atom is 0.229 e. The first-order valence-electron chi connectivity index (χ1n) is 6.32. The Morgan fingerprint density at radius 2 is 2.06 bits per heavy atom. The van der Waals surface area contributed by atoms with Crippen LogP contribution in [0.25, 0.3) is 0 Å². The fraction of sp³-hybridized carbons (Fsp3) is 0.429. The summed E-state index contributed by atoms with van der Waals surface area (Å²) in [6.45, 7) is 1.95. The van der Waals surface area contributed by atoms with Crippen molar-refractivity contribution in [1.82, 2.24) is 10.1 Å². The Balaban J connectivity index is 1.79. The van der Waals surface area contributed by atoms with Crippen LogP contribution in [0.1, 0.15) is 43.0 Å². The van der Waals surface area contributed by atoms with Gasteiger partial charge in [0.25, 0.3) is 0 Å². The van der Waals surface area contributed by atoms with Gasteiger partial charge in [0.1, 0.15) is 0 Å². The second kappa shape index (κ2) is 4.21. The molecule has 0 saturated heterocycles. The van der Waals surface area contributed by atoms with Gasteiger partial charge in [-0.25, -0.2) is 0 Å². The van der Waals surface area contributed by atoms with Crippen LogP contribution in [0.15, 0.2) is 34.9 Å². The van der Waals surface area contributed by atoms with Gasteiger partial charge < -0.3 is 10.3 Å². The van der Waals surface area contributed by atoms with E-state index >= 15 is 0 Å². The number of nitrogens with zero attached hydrogens (tertiary/aromatic N) is 2. The van der Waals surface area contributed by atoms with Crippen molar-refractivity contribution >= 4 is 0 Å². The molecule has 18 heavy (non-hydrogen) atoms. The van der Waals surface area contributed by atoms with Crippen LogP contribution in [-0.2, 0) is 12.0 Å². The molecule has 0 amide bonds. The van der Waals surface area contributed by atoms with E-state index in [2.05, 4.69) is 22.3 Å². The van der Waals surface area contributed by atoms with Crippen LogP contribution >= 0.6 is 0 Å². The molecule has 1 aromatic carbocycles. The molecule has 1 aliphatic carbocycles. The third-order valence-electron chi connectivity index (χ3n) is 3.29. The van der Waals surface area contributed by atoms with E-state index in [1.54, 1.807) is 0 Å². The molecule has 4 nitrogen and oxygen atoms in total. The minimum atomic E-state index is -0.585. The number of hydrogen-bond acceptors (Lipinski definition) is 4. The summed E-state index contributed by atoms with van der Waals surface area (Å²) >= 11 is 0. The fourth-order valence-corrected chi connectivity index (χ4v) is 2.06. The Labute approximate surface area is 106 Å². The zero-order chi connectivity index (χ0) is 12.6. The molecule has 2 N–H and O–H groups in total. The molecule has 1 aliphatic rings. The van der Waals surface area contributed by atoms with Gasteiger partial charge in [0, 0.05) is 5.92 Å². The largest absolute Gasteiger partial charge is 0.339 e. The van der Waals surface area contributed by atoms with E-state index in [1.807, 2.05) is 25.1 Å². The second-order valence-electron chi connectivity index (χ2n) is 5.31. The quantitative estimate of drug-likeness (QED) is 0.895. The lowest BCUT2D eigenvalue weighted by molar-refractivity contribution is 0.354. The number of hydrogen-bond donors (Lipinski definition) is 1. The van der Waals surface area contributed by atoms with Gasteiger partial charge in [-0.05, 0) is 31.7 Å². The molecule has 3 rings (SSSR count). The number of rotatable bonds is 4. The molecule has 0 spiro atoms. The van der Waals surface area contributed by atoms with E-state index in [0.29, 0.717) is 18.2 Å². The molecule has 1 heterocycles. The van der Waals surface area contributed by atoms with Gasteiger partial charge in [0.05, 0.1) is 5.54 Å². The Hall–Kier alpha value is -1.68. The highest BCUT2D eigenvalue weighted by Gasteiger charge is 2.33. The van der Waals surface area contributed by atoms with Crippen molar-refractivity contribution in [3.63, 3.8) is 0 Å². The molecule has 1 unspecified atom stereocenters. The first-order chi connectivity index (χ1) is 8.65. The normalized spacial score (nSPS) is 18.6. The standard InChI is InChI=1S/C14H17N3O/c1-14(15,9-10-5-3-2-4-6-10)13-16-12(18-17-13)11-7-8-11/h2-6,11H,7-9,15H2,1H3. The average molecular weight is 243 g/mol. The first-order valence-corrected chi connectivity index (χ1v) is 6.32. The van der Waals surface area contributed by atoms with Crippen LogP contribution in [0.3, 0.4) is 0 Å². The van der Waals surface area contributed by atoms with Gasteiger partial charge in [0.2, 0.25) is 5.89 Å². The fourth-order valence-electron chi connectivity index (χ4n) is 2.06. The lowest BCUT2D eigenvalue weighted by atomic mass is 9.93. The molecular weight excluding hydrogens is 226 g/mol. The van der Waals surface area contributed by atoms with Crippen molar-refractivity contribution in [1.29, 1.82) is 0 Å². The SMILES string of the molecule is CC(N)(Cc1ccccc1)c1noc(C2CC2)n1. The smallest absolute Gasteiger partial charge is 0.229 e. The van der Waals surface area contributed by atoms with Crippen LogP contribution < -0.4 is 5.73 Å². The highest BCUT2D eigenvalue weighted by molar-refractivity contribution is 5.20. The Bertz CT molecular complexity index is 529. The lowest BCUT2D eigenvalue weighted by Gasteiger charge is -2.20. The molecule has 1 atom stereocenters. The predicted octanol–water partition coefficient (Wildman–Crippen LogP) is 2.36. The van der Waals surface area contributed by atoms with E-state index in [-0.39, 0.29) is 0 Å². The van der Waals surface area contributed by atoms with Crippen molar-refractivity contribution in [3.8, 4) is 0 Å². The lowest BCUT2D eigenvalue weighted by Crippen LogP contribution is -2.36. The van der Waals surface area contributed by atoms with Gasteiger partial charge in [-0.15, -0.1) is 0 Å². The predicted molar refractivity (Wildman–Crippen MR) is 68.0 cm³/mol. The summed E-state index contributed by atoms with van der Waals surface area (Å²) in [4.78, 5) is 4.44. The number of nitrogens with two attached hydrogens (primary N) is 1. The Morgan fingerprint density at radius 1 is 1.33 bits per heavy atom. The van der Waals surface area contributed by atoms with Gasteiger partial charge in [-0.2, -0.15) is 4.98 Å². The van der Waals surface area contributed by atoms with E-state index in [0.717, 1.165) is 18.7 Å². The van der Waals surface area contributed by atoms with E-state index in [9.17, 15) is 0 Å². The minimum Gasteiger partial charge on any atom is -0.339 e. The van der Waals surface area contributed by atoms with E-state index < -0.39 is 5.54 Å². The Kier molecular flexibility index (Phi) is 2.67. The first kappa shape index (κ1) is 11.4. The molecule has 0 aliphatic heterocycles. The van der Waals surface area contributed by atoms with Crippen LogP contribution in [0.2, 0.25) is 0 Å². The van der Waals surface area contributed by atoms with Gasteiger partial charge in [-0.3, -0.25) is 0 Å². The molecule has 1 saturated carbocycles. The molecule has 2 aromatic rings. The van der Waals surface area contributed by atoms with Crippen molar-refractivity contribution in [3.05, 3.63) is 47.6 Å². The van der Waals surface area contributed by atoms with Gasteiger partial charge in [-0.1, -0.05) is 35.5 Å². The molecular formula is C14H17N3O. The van der Waals surface area contributed by atoms with Gasteiger partial charge >= 0.3 is 0 Å². The summed E-state index contributed by atoms with van der Waals surface area (Å²) in [7, 11) is 0. The van der Waals surface area contributed by atoms with Crippen molar-refractivity contribution in [2.24, 2.45) is 5.73 Å². The molecule has 4 heteroatoms. The van der Waals surface area contributed by atoms with Crippen LogP contribution in [0.4, 0.5) is 0 Å². The van der Waals surface area contributed by atoms with Crippen LogP contribution in [0, 0.1) is 0 Å². The molecule has 1 fully saturated rings. The zero-order valence-electron chi connectivity index (χ0n) is 10.5. The van der Waals surface area contributed by atoms with Gasteiger partial charge in [0.15, 0.2) is 5.82 Å². The number of aromatic nitrogens is 2. The van der Waals surface area contributed by atoms with Crippen LogP contribution in [-0.4, -0.2) is 10.1 Å². The summed E-state index contributed by atoms with van der Waals surface area (Å²) in [5.41, 5.74) is 6.91. The molecule has 0 bridgehead atoms. The van der Waals surface area contributed by atoms with Crippen molar-refractivity contribution < 1.29 is 4.52 Å². The summed E-state index contributed by atoms with van der Waals surface area (Å²) in [6.07, 6.45) is 3.01. The topological polar surface area (TPSA) is 64.9 Å². The minimum absolute atomic E-state index is 0.471. The zero-order valence-corrected chi connectivity index (χ0v) is 10.5. The van der Waals surface area contributed by atoms with Crippen molar-refractivity contribution in [2.45, 2.75) is 37.6 Å². The van der Waals surface area contributed by atoms with Crippen LogP contribution in [0.5, 0.6) is 0 Å². The van der Waals surface area contributed by atoms with E-state index in [1.165, 1.54) is 5.56 Å². The maximum absolute atomic E-state index is 6.32. The summed E-state index contributed by atoms with van der Waals surface area (Å²) < 4.78 is 5.27. The third-order valence-corrected chi connectivity index (χ3v) is 3.29. The number of benzene rings is 1. The summed E-state index contributed by atoms with van der Waals surface area (Å²) in [6, 6.07) is 10.1.